The lowest BCUT2D eigenvalue weighted by atomic mass is 9.77. The average Bonchev–Trinajstić information content (AvgIpc) is 3.20. The Kier molecular flexibility index (Phi) is 5.89. The zero-order chi connectivity index (χ0) is 19.6. The molecule has 1 heterocycles. The largest absolute Gasteiger partial charge is 0.510 e. The molecule has 1 aromatic rings. The lowest BCUT2D eigenvalue weighted by Gasteiger charge is -2.41. The van der Waals surface area contributed by atoms with Crippen molar-refractivity contribution in [1.82, 2.24) is 0 Å². The highest BCUT2D eigenvalue weighted by atomic mass is 35.5. The molecule has 6 heteroatoms. The molecule has 1 fully saturated rings. The van der Waals surface area contributed by atoms with E-state index in [0.717, 1.165) is 48.3 Å². The summed E-state index contributed by atoms with van der Waals surface area (Å²) in [6.07, 6.45) is 5.79. The van der Waals surface area contributed by atoms with Crippen molar-refractivity contribution in [2.24, 2.45) is 5.92 Å². The summed E-state index contributed by atoms with van der Waals surface area (Å²) in [6, 6.07) is 3.93. The maximum absolute atomic E-state index is 12.2. The summed E-state index contributed by atoms with van der Waals surface area (Å²) in [5, 5.41) is 10.1. The Balaban J connectivity index is 1.88. The molecule has 1 aliphatic heterocycles. The lowest BCUT2D eigenvalue weighted by Crippen LogP contribution is -2.45. The first kappa shape index (κ1) is 19.9. The van der Waals surface area contributed by atoms with E-state index in [4.69, 9.17) is 25.8 Å². The van der Waals surface area contributed by atoms with Crippen molar-refractivity contribution in [3.05, 3.63) is 34.1 Å². The van der Waals surface area contributed by atoms with E-state index in [1.807, 2.05) is 19.1 Å². The highest BCUT2D eigenvalue weighted by molar-refractivity contribution is 6.41. The molecule has 1 unspecified atom stereocenters. The van der Waals surface area contributed by atoms with Gasteiger partial charge in [0.1, 0.15) is 22.9 Å². The van der Waals surface area contributed by atoms with E-state index in [2.05, 4.69) is 0 Å². The molecule has 27 heavy (non-hydrogen) atoms. The van der Waals surface area contributed by atoms with Crippen molar-refractivity contribution in [2.45, 2.75) is 57.5 Å². The fraction of sp³-hybridized carbons (Fsp3) is 0.571. The van der Waals surface area contributed by atoms with Gasteiger partial charge in [-0.05, 0) is 55.7 Å². The molecule has 0 amide bonds. The number of hydrogen-bond acceptors (Lipinski definition) is 5. The average molecular weight is 395 g/mol. The van der Waals surface area contributed by atoms with Gasteiger partial charge in [-0.15, -0.1) is 0 Å². The molecule has 5 nitrogen and oxygen atoms in total. The quantitative estimate of drug-likeness (QED) is 0.700. The minimum atomic E-state index is -0.713. The summed E-state index contributed by atoms with van der Waals surface area (Å²) in [5.74, 6) is 1.08. The van der Waals surface area contributed by atoms with Crippen molar-refractivity contribution >= 4 is 17.6 Å². The number of rotatable bonds is 6. The van der Waals surface area contributed by atoms with Crippen LogP contribution in [0.5, 0.6) is 11.5 Å². The van der Waals surface area contributed by atoms with Gasteiger partial charge >= 0.3 is 5.97 Å². The molecule has 1 N–H and O–H groups in total. The third-order valence-corrected chi connectivity index (χ3v) is 6.28. The fourth-order valence-corrected chi connectivity index (χ4v) is 4.55. The number of hydrogen-bond donors (Lipinski definition) is 1. The van der Waals surface area contributed by atoms with Crippen LogP contribution in [0, 0.1) is 12.8 Å². The second-order valence-electron chi connectivity index (χ2n) is 7.51. The Morgan fingerprint density at radius 3 is 2.48 bits per heavy atom. The van der Waals surface area contributed by atoms with E-state index in [0.29, 0.717) is 12.8 Å². The van der Waals surface area contributed by atoms with Gasteiger partial charge in [0.05, 0.1) is 14.2 Å². The number of halogens is 1. The minimum Gasteiger partial charge on any atom is -0.510 e. The van der Waals surface area contributed by atoms with Gasteiger partial charge < -0.3 is 19.3 Å². The van der Waals surface area contributed by atoms with Crippen molar-refractivity contribution in [2.75, 3.05) is 14.2 Å². The number of benzene rings is 1. The molecule has 0 saturated heterocycles. The summed E-state index contributed by atoms with van der Waals surface area (Å²) in [7, 11) is 3.27. The number of esters is 1. The summed E-state index contributed by atoms with van der Waals surface area (Å²) < 4.78 is 16.8. The van der Waals surface area contributed by atoms with Crippen molar-refractivity contribution in [1.29, 1.82) is 0 Å². The van der Waals surface area contributed by atoms with Crippen LogP contribution in [0.1, 0.15) is 49.7 Å². The number of ether oxygens (including phenoxy) is 3. The highest BCUT2D eigenvalue weighted by Gasteiger charge is 2.47. The van der Waals surface area contributed by atoms with Crippen molar-refractivity contribution < 1.29 is 24.1 Å². The molecule has 2 aliphatic rings. The van der Waals surface area contributed by atoms with Gasteiger partial charge in [0.2, 0.25) is 0 Å². The number of carbonyl (C=O) groups excluding carboxylic acids is 1. The van der Waals surface area contributed by atoms with Crippen LogP contribution in [0.3, 0.4) is 0 Å². The van der Waals surface area contributed by atoms with Gasteiger partial charge in [-0.1, -0.05) is 24.4 Å². The van der Waals surface area contributed by atoms with E-state index < -0.39 is 11.6 Å². The van der Waals surface area contributed by atoms with E-state index in [-0.39, 0.29) is 23.1 Å². The van der Waals surface area contributed by atoms with E-state index in [1.165, 1.54) is 0 Å². The Morgan fingerprint density at radius 2 is 1.89 bits per heavy atom. The molecule has 0 spiro atoms. The maximum atomic E-state index is 12.2. The Morgan fingerprint density at radius 1 is 1.22 bits per heavy atom. The first-order valence-corrected chi connectivity index (χ1v) is 9.80. The van der Waals surface area contributed by atoms with Crippen LogP contribution in [0.2, 0.25) is 0 Å². The maximum Gasteiger partial charge on any atom is 0.353 e. The van der Waals surface area contributed by atoms with Crippen molar-refractivity contribution in [3.63, 3.8) is 0 Å². The molecule has 0 radical (unpaired) electrons. The Bertz CT molecular complexity index is 751. The second-order valence-corrected chi connectivity index (χ2v) is 7.88. The molecule has 0 aromatic heterocycles. The smallest absolute Gasteiger partial charge is 0.353 e. The molecule has 0 bridgehead atoms. The third-order valence-electron chi connectivity index (χ3n) is 5.91. The number of aliphatic hydroxyl groups excluding tert-OH is 1. The molecule has 1 atom stereocenters. The standard InChI is InChI=1S/C21H27ClO5/c1-13-10-14(18(26-3)11-17(13)25-2)8-9-21(15-6-4-5-7-15)12-16(23)19(22)20(24)27-21/h10-11,15,23H,4-9,12H2,1-3H3. The summed E-state index contributed by atoms with van der Waals surface area (Å²) >= 11 is 5.89. The number of carbonyl (C=O) groups is 1. The third kappa shape index (κ3) is 3.88. The van der Waals surface area contributed by atoms with Crippen LogP contribution in [-0.2, 0) is 16.0 Å². The molecule has 148 valence electrons. The second kappa shape index (κ2) is 8.01. The SMILES string of the molecule is COc1cc(OC)c(CCC2(C3CCCC3)CC(O)=C(Cl)C(=O)O2)cc1C. The molecule has 1 saturated carbocycles. The number of aliphatic hydroxyl groups is 1. The van der Waals surface area contributed by atoms with Gasteiger partial charge in [0.25, 0.3) is 0 Å². The van der Waals surface area contributed by atoms with Gasteiger partial charge in [-0.25, -0.2) is 4.79 Å². The van der Waals surface area contributed by atoms with Crippen LogP contribution in [-0.4, -0.2) is 30.9 Å². The van der Waals surface area contributed by atoms with Crippen LogP contribution in [0.25, 0.3) is 0 Å². The van der Waals surface area contributed by atoms with Gasteiger partial charge in [0.15, 0.2) is 5.03 Å². The van der Waals surface area contributed by atoms with Crippen molar-refractivity contribution in [3.8, 4) is 11.5 Å². The topological polar surface area (TPSA) is 65.0 Å². The predicted molar refractivity (Wildman–Crippen MR) is 104 cm³/mol. The fourth-order valence-electron chi connectivity index (χ4n) is 4.45. The molecule has 3 rings (SSSR count). The van der Waals surface area contributed by atoms with Crippen LogP contribution < -0.4 is 9.47 Å². The first-order chi connectivity index (χ1) is 12.9. The first-order valence-electron chi connectivity index (χ1n) is 9.42. The number of methoxy groups -OCH3 is 2. The van der Waals surface area contributed by atoms with E-state index in [9.17, 15) is 9.90 Å². The Labute approximate surface area is 165 Å². The summed E-state index contributed by atoms with van der Waals surface area (Å²) in [6.45, 7) is 1.99. The molecular formula is C21H27ClO5. The summed E-state index contributed by atoms with van der Waals surface area (Å²) in [4.78, 5) is 12.2. The van der Waals surface area contributed by atoms with Crippen LogP contribution in [0.15, 0.2) is 22.9 Å². The van der Waals surface area contributed by atoms with Crippen LogP contribution in [0.4, 0.5) is 0 Å². The van der Waals surface area contributed by atoms with Gasteiger partial charge in [0, 0.05) is 12.5 Å². The molecular weight excluding hydrogens is 368 g/mol. The highest BCUT2D eigenvalue weighted by Crippen LogP contribution is 2.46. The lowest BCUT2D eigenvalue weighted by molar-refractivity contribution is -0.166. The monoisotopic (exact) mass is 394 g/mol. The van der Waals surface area contributed by atoms with Gasteiger partial charge in [-0.3, -0.25) is 0 Å². The molecule has 1 aliphatic carbocycles. The minimum absolute atomic E-state index is 0.0577. The zero-order valence-corrected chi connectivity index (χ0v) is 16.9. The van der Waals surface area contributed by atoms with E-state index in [1.54, 1.807) is 14.2 Å². The number of aryl methyl sites for hydroxylation is 2. The van der Waals surface area contributed by atoms with E-state index >= 15 is 0 Å². The zero-order valence-electron chi connectivity index (χ0n) is 16.1. The predicted octanol–water partition coefficient (Wildman–Crippen LogP) is 4.83. The number of cyclic esters (lactones) is 1. The summed E-state index contributed by atoms with van der Waals surface area (Å²) in [5.41, 5.74) is 1.34. The Hall–Kier alpha value is -1.88. The van der Waals surface area contributed by atoms with Gasteiger partial charge in [-0.2, -0.15) is 0 Å². The normalized spacial score (nSPS) is 23.5. The van der Waals surface area contributed by atoms with Crippen LogP contribution >= 0.6 is 11.6 Å². The molecule has 1 aromatic carbocycles.